The first-order valence-corrected chi connectivity index (χ1v) is 6.83. The Bertz CT molecular complexity index is 150. The smallest absolute Gasteiger partial charge is 0.00441 e. The van der Waals surface area contributed by atoms with E-state index in [0.717, 1.165) is 11.8 Å². The molecule has 0 bridgehead atoms. The predicted molar refractivity (Wildman–Crippen MR) is 60.0 cm³/mol. The Morgan fingerprint density at radius 1 is 1.00 bits per heavy atom. The molecule has 1 saturated heterocycles. The minimum Gasteiger partial charge on any atom is -0.328 e. The number of nitrogens with two attached hydrogens (primary N) is 1. The van der Waals surface area contributed by atoms with Crippen molar-refractivity contribution in [3.63, 3.8) is 0 Å². The van der Waals surface area contributed by atoms with Crippen molar-refractivity contribution in [2.45, 2.75) is 44.6 Å². The highest BCUT2D eigenvalue weighted by Gasteiger charge is 2.25. The molecule has 0 aromatic rings. The maximum atomic E-state index is 6.14. The van der Waals surface area contributed by atoms with E-state index in [0.29, 0.717) is 6.04 Å². The second-order valence-corrected chi connectivity index (χ2v) is 5.96. The van der Waals surface area contributed by atoms with Gasteiger partial charge in [-0.2, -0.15) is 11.8 Å². The summed E-state index contributed by atoms with van der Waals surface area (Å²) in [6.07, 6.45) is 8.36. The molecule has 2 N–H and O–H groups in total. The largest absolute Gasteiger partial charge is 0.328 e. The van der Waals surface area contributed by atoms with Gasteiger partial charge in [0.1, 0.15) is 0 Å². The molecular formula is C11H21NS. The quantitative estimate of drug-likeness (QED) is 0.753. The minimum atomic E-state index is 0.514. The van der Waals surface area contributed by atoms with Crippen LogP contribution in [0.5, 0.6) is 0 Å². The second-order valence-electron chi connectivity index (χ2n) is 4.73. The average molecular weight is 199 g/mol. The molecule has 1 aliphatic heterocycles. The summed E-state index contributed by atoms with van der Waals surface area (Å²) >= 11 is 2.11. The fraction of sp³-hybridized carbons (Fsp3) is 1.00. The first-order chi connectivity index (χ1) is 6.34. The summed E-state index contributed by atoms with van der Waals surface area (Å²) in [5.41, 5.74) is 6.14. The van der Waals surface area contributed by atoms with Crippen molar-refractivity contribution < 1.29 is 0 Å². The number of hydrogen-bond acceptors (Lipinski definition) is 2. The Labute approximate surface area is 85.8 Å². The standard InChI is InChI=1S/C11H21NS/c12-11(7-9-1-2-9)8-10-3-5-13-6-4-10/h9-11H,1-8,12H2. The fourth-order valence-electron chi connectivity index (χ4n) is 2.29. The van der Waals surface area contributed by atoms with Gasteiger partial charge in [-0.3, -0.25) is 0 Å². The summed E-state index contributed by atoms with van der Waals surface area (Å²) in [6.45, 7) is 0. The average Bonchev–Trinajstić information content (AvgIpc) is 2.90. The van der Waals surface area contributed by atoms with E-state index in [1.54, 1.807) is 0 Å². The predicted octanol–water partition coefficient (Wildman–Crippen LogP) is 2.65. The Hall–Kier alpha value is 0.310. The van der Waals surface area contributed by atoms with Gasteiger partial charge in [-0.25, -0.2) is 0 Å². The number of hydrogen-bond donors (Lipinski definition) is 1. The maximum Gasteiger partial charge on any atom is 0.00441 e. The van der Waals surface area contributed by atoms with Crippen molar-refractivity contribution in [3.05, 3.63) is 0 Å². The molecular weight excluding hydrogens is 178 g/mol. The first-order valence-electron chi connectivity index (χ1n) is 5.68. The second kappa shape index (κ2) is 4.70. The summed E-state index contributed by atoms with van der Waals surface area (Å²) in [7, 11) is 0. The Balaban J connectivity index is 1.62. The topological polar surface area (TPSA) is 26.0 Å². The normalized spacial score (nSPS) is 27.5. The lowest BCUT2D eigenvalue weighted by molar-refractivity contribution is 0.387. The van der Waals surface area contributed by atoms with Gasteiger partial charge >= 0.3 is 0 Å². The Morgan fingerprint density at radius 3 is 2.08 bits per heavy atom. The lowest BCUT2D eigenvalue weighted by atomic mass is 9.92. The molecule has 1 heterocycles. The third-order valence-corrected chi connectivity index (χ3v) is 4.36. The third kappa shape index (κ3) is 3.51. The third-order valence-electron chi connectivity index (χ3n) is 3.31. The van der Waals surface area contributed by atoms with Gasteiger partial charge in [-0.05, 0) is 49.0 Å². The van der Waals surface area contributed by atoms with E-state index in [-0.39, 0.29) is 0 Å². The van der Waals surface area contributed by atoms with Gasteiger partial charge in [-0.15, -0.1) is 0 Å². The molecule has 0 aromatic heterocycles. The van der Waals surface area contributed by atoms with Crippen molar-refractivity contribution in [1.29, 1.82) is 0 Å². The van der Waals surface area contributed by atoms with Crippen LogP contribution in [0.4, 0.5) is 0 Å². The van der Waals surface area contributed by atoms with E-state index >= 15 is 0 Å². The maximum absolute atomic E-state index is 6.14. The monoisotopic (exact) mass is 199 g/mol. The molecule has 1 unspecified atom stereocenters. The summed E-state index contributed by atoms with van der Waals surface area (Å²) in [5.74, 6) is 4.71. The highest BCUT2D eigenvalue weighted by molar-refractivity contribution is 7.99. The summed E-state index contributed by atoms with van der Waals surface area (Å²) < 4.78 is 0. The van der Waals surface area contributed by atoms with E-state index < -0.39 is 0 Å². The van der Waals surface area contributed by atoms with Crippen LogP contribution in [0.1, 0.15) is 38.5 Å². The highest BCUT2D eigenvalue weighted by Crippen LogP contribution is 2.35. The van der Waals surface area contributed by atoms with Crippen LogP contribution in [0.25, 0.3) is 0 Å². The fourth-order valence-corrected chi connectivity index (χ4v) is 3.49. The molecule has 1 saturated carbocycles. The van der Waals surface area contributed by atoms with Gasteiger partial charge in [-0.1, -0.05) is 12.8 Å². The van der Waals surface area contributed by atoms with Crippen molar-refractivity contribution in [2.75, 3.05) is 11.5 Å². The summed E-state index contributed by atoms with van der Waals surface area (Å²) in [4.78, 5) is 0. The van der Waals surface area contributed by atoms with E-state index in [9.17, 15) is 0 Å². The molecule has 1 nitrogen and oxygen atoms in total. The number of thioether (sulfide) groups is 1. The molecule has 2 aliphatic rings. The summed E-state index contributed by atoms with van der Waals surface area (Å²) in [6, 6.07) is 0.514. The van der Waals surface area contributed by atoms with E-state index in [2.05, 4.69) is 11.8 Å². The van der Waals surface area contributed by atoms with Gasteiger partial charge in [0.05, 0.1) is 0 Å². The number of rotatable bonds is 4. The van der Waals surface area contributed by atoms with Gasteiger partial charge in [0, 0.05) is 6.04 Å². The van der Waals surface area contributed by atoms with Crippen molar-refractivity contribution in [1.82, 2.24) is 0 Å². The lowest BCUT2D eigenvalue weighted by Crippen LogP contribution is -2.26. The van der Waals surface area contributed by atoms with E-state index in [1.165, 1.54) is 50.0 Å². The van der Waals surface area contributed by atoms with Crippen LogP contribution in [-0.2, 0) is 0 Å². The van der Waals surface area contributed by atoms with E-state index in [1.807, 2.05) is 0 Å². The van der Waals surface area contributed by atoms with Gasteiger partial charge in [0.15, 0.2) is 0 Å². The lowest BCUT2D eigenvalue weighted by Gasteiger charge is -2.24. The van der Waals surface area contributed by atoms with E-state index in [4.69, 9.17) is 5.73 Å². The Morgan fingerprint density at radius 2 is 1.54 bits per heavy atom. The first kappa shape index (κ1) is 9.85. The van der Waals surface area contributed by atoms with Crippen LogP contribution < -0.4 is 5.73 Å². The van der Waals surface area contributed by atoms with Crippen LogP contribution in [0.15, 0.2) is 0 Å². The molecule has 76 valence electrons. The minimum absolute atomic E-state index is 0.514. The highest BCUT2D eigenvalue weighted by atomic mass is 32.2. The zero-order valence-corrected chi connectivity index (χ0v) is 9.19. The van der Waals surface area contributed by atoms with Crippen LogP contribution in [0.3, 0.4) is 0 Å². The molecule has 0 spiro atoms. The van der Waals surface area contributed by atoms with Crippen LogP contribution in [-0.4, -0.2) is 17.5 Å². The SMILES string of the molecule is NC(CC1CCSCC1)CC1CC1. The van der Waals surface area contributed by atoms with Crippen molar-refractivity contribution in [2.24, 2.45) is 17.6 Å². The molecule has 0 aromatic carbocycles. The molecule has 2 heteroatoms. The molecule has 2 rings (SSSR count). The molecule has 2 fully saturated rings. The van der Waals surface area contributed by atoms with Gasteiger partial charge in [0.25, 0.3) is 0 Å². The van der Waals surface area contributed by atoms with Crippen LogP contribution in [0, 0.1) is 11.8 Å². The van der Waals surface area contributed by atoms with Gasteiger partial charge in [0.2, 0.25) is 0 Å². The molecule has 1 atom stereocenters. The van der Waals surface area contributed by atoms with Crippen molar-refractivity contribution in [3.8, 4) is 0 Å². The molecule has 1 aliphatic carbocycles. The Kier molecular flexibility index (Phi) is 3.56. The molecule has 0 amide bonds. The van der Waals surface area contributed by atoms with Crippen LogP contribution in [0.2, 0.25) is 0 Å². The molecule has 13 heavy (non-hydrogen) atoms. The van der Waals surface area contributed by atoms with Gasteiger partial charge < -0.3 is 5.73 Å². The van der Waals surface area contributed by atoms with Crippen molar-refractivity contribution >= 4 is 11.8 Å². The summed E-state index contributed by atoms with van der Waals surface area (Å²) in [5, 5.41) is 0. The molecule has 0 radical (unpaired) electrons. The van der Waals surface area contributed by atoms with Crippen LogP contribution >= 0.6 is 11.8 Å². The zero-order valence-electron chi connectivity index (χ0n) is 8.37. The zero-order chi connectivity index (χ0) is 9.10.